The van der Waals surface area contributed by atoms with Gasteiger partial charge >= 0.3 is 5.97 Å². The van der Waals surface area contributed by atoms with Crippen molar-refractivity contribution in [2.24, 2.45) is 5.73 Å². The molecule has 5 nitrogen and oxygen atoms in total. The molecule has 0 fully saturated rings. The highest BCUT2D eigenvalue weighted by Gasteiger charge is 2.15. The molecule has 0 bridgehead atoms. The number of nitrogens with two attached hydrogens (primary N) is 1. The van der Waals surface area contributed by atoms with E-state index in [4.69, 9.17) is 20.3 Å². The molecule has 1 unspecified atom stereocenters. The number of ether oxygens (including phenoxy) is 2. The largest absolute Gasteiger partial charge is 0.494 e. The number of hydrogen-bond donors (Lipinski definition) is 2. The Kier molecular flexibility index (Phi) is 7.26. The van der Waals surface area contributed by atoms with Gasteiger partial charge < -0.3 is 20.3 Å². The normalized spacial score (nSPS) is 11.7. The summed E-state index contributed by atoms with van der Waals surface area (Å²) in [6, 6.07) is 17.2. The van der Waals surface area contributed by atoms with Crippen LogP contribution < -0.4 is 15.2 Å². The van der Waals surface area contributed by atoms with Crippen molar-refractivity contribution in [3.8, 4) is 22.6 Å². The fourth-order valence-corrected chi connectivity index (χ4v) is 3.39. The highest BCUT2D eigenvalue weighted by atomic mass is 19.1. The predicted octanol–water partition coefficient (Wildman–Crippen LogP) is 5.12. The Morgan fingerprint density at radius 1 is 1.10 bits per heavy atom. The Labute approximate surface area is 181 Å². The quantitative estimate of drug-likeness (QED) is 0.499. The molecule has 0 saturated carbocycles. The molecule has 3 aromatic rings. The number of para-hydroxylation sites is 1. The van der Waals surface area contributed by atoms with Gasteiger partial charge in [0.25, 0.3) is 0 Å². The third kappa shape index (κ3) is 5.61. The first-order chi connectivity index (χ1) is 14.9. The molecule has 0 aliphatic rings. The highest BCUT2D eigenvalue weighted by Crippen LogP contribution is 2.32. The van der Waals surface area contributed by atoms with Crippen LogP contribution in [0.15, 0.2) is 60.7 Å². The average Bonchev–Trinajstić information content (AvgIpc) is 2.73. The van der Waals surface area contributed by atoms with E-state index in [9.17, 15) is 4.79 Å². The molecule has 0 saturated heterocycles. The maximum absolute atomic E-state index is 15.1. The average molecular weight is 423 g/mol. The summed E-state index contributed by atoms with van der Waals surface area (Å²) >= 11 is 0. The van der Waals surface area contributed by atoms with Crippen LogP contribution in [0.5, 0.6) is 11.5 Å². The number of halogens is 1. The van der Waals surface area contributed by atoms with Gasteiger partial charge in [0.1, 0.15) is 23.9 Å². The van der Waals surface area contributed by atoms with Crippen molar-refractivity contribution in [1.29, 1.82) is 0 Å². The molecule has 0 spiro atoms. The van der Waals surface area contributed by atoms with E-state index in [1.807, 2.05) is 19.1 Å². The van der Waals surface area contributed by atoms with Gasteiger partial charge in [-0.05, 0) is 49.2 Å². The lowest BCUT2D eigenvalue weighted by Crippen LogP contribution is -2.08. The molecule has 0 aliphatic heterocycles. The second-order valence-corrected chi connectivity index (χ2v) is 7.26. The van der Waals surface area contributed by atoms with E-state index in [2.05, 4.69) is 0 Å². The maximum atomic E-state index is 15.1. The molecule has 0 radical (unpaired) electrons. The predicted molar refractivity (Wildman–Crippen MR) is 118 cm³/mol. The lowest BCUT2D eigenvalue weighted by atomic mass is 9.97. The molecule has 162 valence electrons. The molecule has 0 aliphatic carbocycles. The highest BCUT2D eigenvalue weighted by molar-refractivity contribution is 5.71. The third-order valence-electron chi connectivity index (χ3n) is 4.82. The van der Waals surface area contributed by atoms with Crippen molar-refractivity contribution >= 4 is 5.97 Å². The van der Waals surface area contributed by atoms with Crippen molar-refractivity contribution in [1.82, 2.24) is 0 Å². The van der Waals surface area contributed by atoms with Crippen LogP contribution in [0.25, 0.3) is 11.1 Å². The van der Waals surface area contributed by atoms with Gasteiger partial charge in [-0.1, -0.05) is 36.4 Å². The Morgan fingerprint density at radius 3 is 2.58 bits per heavy atom. The fraction of sp³-hybridized carbons (Fsp3) is 0.240. The summed E-state index contributed by atoms with van der Waals surface area (Å²) in [5, 5.41) is 9.11. The third-order valence-corrected chi connectivity index (χ3v) is 4.82. The molecule has 0 aromatic heterocycles. The van der Waals surface area contributed by atoms with Crippen molar-refractivity contribution in [2.45, 2.75) is 32.9 Å². The van der Waals surface area contributed by atoms with Crippen molar-refractivity contribution in [3.63, 3.8) is 0 Å². The molecule has 31 heavy (non-hydrogen) atoms. The molecular weight excluding hydrogens is 397 g/mol. The van der Waals surface area contributed by atoms with E-state index in [0.29, 0.717) is 40.4 Å². The Bertz CT molecular complexity index is 1070. The summed E-state index contributed by atoms with van der Waals surface area (Å²) in [5.41, 5.74) is 8.80. The summed E-state index contributed by atoms with van der Waals surface area (Å²) in [6.07, 6.45) is -0.129. The van der Waals surface area contributed by atoms with Gasteiger partial charge in [0, 0.05) is 22.7 Å². The number of hydrogen-bond acceptors (Lipinski definition) is 4. The second-order valence-electron chi connectivity index (χ2n) is 7.26. The van der Waals surface area contributed by atoms with Crippen LogP contribution in [0.4, 0.5) is 4.39 Å². The van der Waals surface area contributed by atoms with Gasteiger partial charge in [-0.25, -0.2) is 4.39 Å². The number of carboxylic acid groups (broad SMARTS) is 1. The summed E-state index contributed by atoms with van der Waals surface area (Å²) in [5.74, 6) is -0.188. The fourth-order valence-electron chi connectivity index (χ4n) is 3.39. The lowest BCUT2D eigenvalue weighted by molar-refractivity contribution is -0.136. The Balaban J connectivity index is 1.94. The smallest absolute Gasteiger partial charge is 0.307 e. The number of rotatable bonds is 9. The van der Waals surface area contributed by atoms with Crippen LogP contribution in [0, 0.1) is 5.82 Å². The number of carbonyl (C=O) groups is 1. The zero-order valence-corrected chi connectivity index (χ0v) is 17.6. The van der Waals surface area contributed by atoms with Crippen molar-refractivity contribution in [2.75, 3.05) is 6.61 Å². The molecule has 3 aromatic carbocycles. The zero-order valence-electron chi connectivity index (χ0n) is 17.6. The SMILES string of the molecule is CCOc1cc(COc2ccccc2CC(=O)O)cc(-c2cccc(C(C)N)c2F)c1. The van der Waals surface area contributed by atoms with Crippen molar-refractivity contribution in [3.05, 3.63) is 83.2 Å². The minimum Gasteiger partial charge on any atom is -0.494 e. The molecular formula is C25H26FNO4. The second kappa shape index (κ2) is 10.1. The van der Waals surface area contributed by atoms with Gasteiger partial charge in [0.2, 0.25) is 0 Å². The van der Waals surface area contributed by atoms with Gasteiger partial charge in [-0.15, -0.1) is 0 Å². The number of aliphatic carboxylic acids is 1. The van der Waals surface area contributed by atoms with Crippen LogP contribution in [-0.2, 0) is 17.8 Å². The molecule has 0 heterocycles. The first-order valence-electron chi connectivity index (χ1n) is 10.1. The van der Waals surface area contributed by atoms with E-state index < -0.39 is 12.0 Å². The standard InChI is InChI=1S/C25H26FNO4/c1-3-30-20-12-17(15-31-23-10-5-4-7-18(23)14-24(28)29)11-19(13-20)22-9-6-8-21(16(2)27)25(22)26/h4-13,16H,3,14-15,27H2,1-2H3,(H,28,29). The Hall–Kier alpha value is -3.38. The molecule has 1 atom stereocenters. The van der Waals surface area contributed by atoms with Crippen LogP contribution in [0.2, 0.25) is 0 Å². The molecule has 6 heteroatoms. The number of benzene rings is 3. The first-order valence-corrected chi connectivity index (χ1v) is 10.1. The van der Waals surface area contributed by atoms with Crippen molar-refractivity contribution < 1.29 is 23.8 Å². The first kappa shape index (κ1) is 22.3. The van der Waals surface area contributed by atoms with Crippen LogP contribution in [0.3, 0.4) is 0 Å². The van der Waals surface area contributed by atoms with E-state index >= 15 is 4.39 Å². The summed E-state index contributed by atoms with van der Waals surface area (Å²) in [7, 11) is 0. The number of carboxylic acids is 1. The van der Waals surface area contributed by atoms with E-state index in [0.717, 1.165) is 5.56 Å². The van der Waals surface area contributed by atoms with Gasteiger partial charge in [-0.2, -0.15) is 0 Å². The lowest BCUT2D eigenvalue weighted by Gasteiger charge is -2.15. The summed E-state index contributed by atoms with van der Waals surface area (Å²) in [6.45, 7) is 4.27. The van der Waals surface area contributed by atoms with Crippen LogP contribution in [-0.4, -0.2) is 17.7 Å². The minimum absolute atomic E-state index is 0.129. The summed E-state index contributed by atoms with van der Waals surface area (Å²) < 4.78 is 26.7. The minimum atomic E-state index is -0.929. The monoisotopic (exact) mass is 423 g/mol. The van der Waals surface area contributed by atoms with Gasteiger partial charge in [0.05, 0.1) is 13.0 Å². The topological polar surface area (TPSA) is 81.8 Å². The molecule has 3 N–H and O–H groups in total. The molecule has 3 rings (SSSR count). The maximum Gasteiger partial charge on any atom is 0.307 e. The van der Waals surface area contributed by atoms with Crippen LogP contribution >= 0.6 is 0 Å². The van der Waals surface area contributed by atoms with Gasteiger partial charge in [-0.3, -0.25) is 4.79 Å². The summed E-state index contributed by atoms with van der Waals surface area (Å²) in [4.78, 5) is 11.1. The van der Waals surface area contributed by atoms with E-state index in [1.165, 1.54) is 0 Å². The zero-order chi connectivity index (χ0) is 22.4. The molecule has 0 amide bonds. The Morgan fingerprint density at radius 2 is 1.87 bits per heavy atom. The van der Waals surface area contributed by atoms with E-state index in [1.54, 1.807) is 55.5 Å². The van der Waals surface area contributed by atoms with Gasteiger partial charge in [0.15, 0.2) is 0 Å². The van der Waals surface area contributed by atoms with Crippen LogP contribution in [0.1, 0.15) is 36.6 Å². The van der Waals surface area contributed by atoms with E-state index in [-0.39, 0.29) is 18.8 Å².